The first-order chi connectivity index (χ1) is 13.1. The summed E-state index contributed by atoms with van der Waals surface area (Å²) in [7, 11) is -3.29. The average Bonchev–Trinajstić information content (AvgIpc) is 2.62. The van der Waals surface area contributed by atoms with Crippen LogP contribution < -0.4 is 10.6 Å². The van der Waals surface area contributed by atoms with Crippen LogP contribution in [0.1, 0.15) is 36.1 Å². The number of nitrogens with one attached hydrogen (secondary N) is 2. The Bertz CT molecular complexity index is 979. The zero-order chi connectivity index (χ0) is 20.9. The van der Waals surface area contributed by atoms with Crippen molar-refractivity contribution in [2.75, 3.05) is 11.6 Å². The lowest BCUT2D eigenvalue weighted by Gasteiger charge is -2.16. The highest BCUT2D eigenvalue weighted by atomic mass is 32.2. The number of carbonyl (C=O) groups is 1. The van der Waals surface area contributed by atoms with E-state index in [1.165, 1.54) is 30.6 Å². The third-order valence-corrected chi connectivity index (χ3v) is 4.31. The monoisotopic (exact) mass is 410 g/mol. The quantitative estimate of drug-likeness (QED) is 0.728. The van der Waals surface area contributed by atoms with Crippen LogP contribution in [-0.2, 0) is 9.84 Å². The molecule has 1 amide bonds. The molecule has 0 aliphatic heterocycles. The highest BCUT2D eigenvalue weighted by Crippen LogP contribution is 2.22. The second-order valence-electron chi connectivity index (χ2n) is 6.22. The molecule has 0 spiro atoms. The van der Waals surface area contributed by atoms with Crippen LogP contribution in [0.5, 0.6) is 0 Å². The van der Waals surface area contributed by atoms with E-state index in [0.717, 1.165) is 17.7 Å². The number of rotatable bonds is 7. The van der Waals surface area contributed by atoms with E-state index < -0.39 is 39.5 Å². The first-order valence-corrected chi connectivity index (χ1v) is 10.2. The molecule has 0 bridgehead atoms. The van der Waals surface area contributed by atoms with Gasteiger partial charge in [0.05, 0.1) is 24.1 Å². The maximum absolute atomic E-state index is 13.8. The van der Waals surface area contributed by atoms with Crippen molar-refractivity contribution in [1.29, 1.82) is 0 Å². The SMILES string of the molecule is C[C@H](/C=C/S(C)(=O)=O)NC(=O)c1ncc(N[C@H](C)c2cccc(F)c2F)cn1. The Morgan fingerprint density at radius 1 is 1.18 bits per heavy atom. The number of hydrogen-bond donors (Lipinski definition) is 2. The summed E-state index contributed by atoms with van der Waals surface area (Å²) in [4.78, 5) is 19.9. The summed E-state index contributed by atoms with van der Waals surface area (Å²) < 4.78 is 49.3. The summed E-state index contributed by atoms with van der Waals surface area (Å²) >= 11 is 0. The molecule has 10 heteroatoms. The van der Waals surface area contributed by atoms with E-state index in [4.69, 9.17) is 0 Å². The Kier molecular flexibility index (Phi) is 6.79. The molecule has 1 aromatic heterocycles. The second kappa shape index (κ2) is 8.87. The Morgan fingerprint density at radius 2 is 1.82 bits per heavy atom. The smallest absolute Gasteiger partial charge is 0.289 e. The van der Waals surface area contributed by atoms with Crippen molar-refractivity contribution in [2.24, 2.45) is 0 Å². The number of carbonyl (C=O) groups excluding carboxylic acids is 1. The molecule has 150 valence electrons. The van der Waals surface area contributed by atoms with E-state index in [-0.39, 0.29) is 11.4 Å². The zero-order valence-corrected chi connectivity index (χ0v) is 16.3. The predicted octanol–water partition coefficient (Wildman–Crippen LogP) is 2.60. The highest BCUT2D eigenvalue weighted by molar-refractivity contribution is 7.93. The van der Waals surface area contributed by atoms with E-state index in [2.05, 4.69) is 20.6 Å². The number of halogens is 2. The van der Waals surface area contributed by atoms with Crippen LogP contribution in [0.25, 0.3) is 0 Å². The minimum atomic E-state index is -3.29. The van der Waals surface area contributed by atoms with Gasteiger partial charge in [0.25, 0.3) is 5.91 Å². The molecule has 7 nitrogen and oxygen atoms in total. The fourth-order valence-corrected chi connectivity index (χ4v) is 2.80. The third kappa shape index (κ3) is 6.08. The summed E-state index contributed by atoms with van der Waals surface area (Å²) in [6.07, 6.45) is 5.06. The van der Waals surface area contributed by atoms with Crippen LogP contribution >= 0.6 is 0 Å². The molecule has 2 aromatic rings. The van der Waals surface area contributed by atoms with E-state index in [1.807, 2.05) is 0 Å². The number of benzene rings is 1. The second-order valence-corrected chi connectivity index (χ2v) is 8.16. The topological polar surface area (TPSA) is 101 Å². The van der Waals surface area contributed by atoms with Gasteiger partial charge in [-0.2, -0.15) is 0 Å². The lowest BCUT2D eigenvalue weighted by molar-refractivity contribution is 0.0936. The Labute approximate surface area is 161 Å². The Morgan fingerprint density at radius 3 is 2.43 bits per heavy atom. The van der Waals surface area contributed by atoms with E-state index in [9.17, 15) is 22.0 Å². The minimum Gasteiger partial charge on any atom is -0.376 e. The molecule has 0 saturated carbocycles. The highest BCUT2D eigenvalue weighted by Gasteiger charge is 2.15. The molecular weight excluding hydrogens is 390 g/mol. The van der Waals surface area contributed by atoms with Crippen LogP contribution in [0.3, 0.4) is 0 Å². The van der Waals surface area contributed by atoms with E-state index in [0.29, 0.717) is 5.69 Å². The maximum atomic E-state index is 13.8. The number of nitrogens with zero attached hydrogens (tertiary/aromatic N) is 2. The number of aromatic nitrogens is 2. The van der Waals surface area contributed by atoms with Gasteiger partial charge in [-0.3, -0.25) is 4.79 Å². The molecule has 2 rings (SSSR count). The van der Waals surface area contributed by atoms with Crippen molar-refractivity contribution in [3.63, 3.8) is 0 Å². The molecule has 0 radical (unpaired) electrons. The molecule has 2 N–H and O–H groups in total. The van der Waals surface area contributed by atoms with Gasteiger partial charge in [-0.05, 0) is 19.9 Å². The molecule has 1 aromatic carbocycles. The van der Waals surface area contributed by atoms with Crippen molar-refractivity contribution in [3.8, 4) is 0 Å². The van der Waals surface area contributed by atoms with E-state index >= 15 is 0 Å². The minimum absolute atomic E-state index is 0.116. The molecule has 0 aliphatic carbocycles. The van der Waals surface area contributed by atoms with Gasteiger partial charge < -0.3 is 10.6 Å². The summed E-state index contributed by atoms with van der Waals surface area (Å²) in [6, 6.07) is 2.81. The van der Waals surface area contributed by atoms with Crippen molar-refractivity contribution < 1.29 is 22.0 Å². The van der Waals surface area contributed by atoms with Crippen molar-refractivity contribution in [1.82, 2.24) is 15.3 Å². The van der Waals surface area contributed by atoms with Gasteiger partial charge in [0.15, 0.2) is 21.5 Å². The summed E-state index contributed by atoms with van der Waals surface area (Å²) in [5.74, 6) is -2.57. The van der Waals surface area contributed by atoms with Crippen molar-refractivity contribution in [2.45, 2.75) is 25.9 Å². The fourth-order valence-electron chi connectivity index (χ4n) is 2.28. The van der Waals surface area contributed by atoms with Gasteiger partial charge >= 0.3 is 0 Å². The molecular formula is C18H20F2N4O3S. The molecule has 28 heavy (non-hydrogen) atoms. The first kappa shape index (κ1) is 21.4. The molecule has 2 atom stereocenters. The standard InChI is InChI=1S/C18H20F2N4O3S/c1-11(7-8-28(3,26)27)23-18(25)17-21-9-13(10-22-17)24-12(2)14-5-4-6-15(19)16(14)20/h4-12,24H,1-3H3,(H,23,25)/b8-7+/t11-,12-/m1/s1. The largest absolute Gasteiger partial charge is 0.376 e. The summed E-state index contributed by atoms with van der Waals surface area (Å²) in [6.45, 7) is 3.25. The molecule has 0 aliphatic rings. The number of anilines is 1. The van der Waals surface area contributed by atoms with Gasteiger partial charge in [-0.15, -0.1) is 0 Å². The van der Waals surface area contributed by atoms with E-state index in [1.54, 1.807) is 13.8 Å². The summed E-state index contributed by atoms with van der Waals surface area (Å²) in [5, 5.41) is 6.47. The lowest BCUT2D eigenvalue weighted by atomic mass is 10.1. The number of sulfone groups is 1. The normalized spacial score (nSPS) is 13.9. The Hall–Kier alpha value is -2.88. The molecule has 0 unspecified atom stereocenters. The Balaban J connectivity index is 2.02. The van der Waals surface area contributed by atoms with Crippen LogP contribution in [0, 0.1) is 11.6 Å². The van der Waals surface area contributed by atoms with Crippen LogP contribution in [0.2, 0.25) is 0 Å². The molecule has 0 saturated heterocycles. The first-order valence-electron chi connectivity index (χ1n) is 8.28. The average molecular weight is 410 g/mol. The number of amides is 1. The maximum Gasteiger partial charge on any atom is 0.289 e. The lowest BCUT2D eigenvalue weighted by Crippen LogP contribution is -2.32. The third-order valence-electron chi connectivity index (χ3n) is 3.66. The van der Waals surface area contributed by atoms with Gasteiger partial charge in [-0.1, -0.05) is 18.2 Å². The van der Waals surface area contributed by atoms with Gasteiger partial charge in [0, 0.05) is 23.3 Å². The molecule has 1 heterocycles. The predicted molar refractivity (Wildman–Crippen MR) is 101 cm³/mol. The molecule has 0 fully saturated rings. The van der Waals surface area contributed by atoms with Crippen molar-refractivity contribution in [3.05, 3.63) is 65.1 Å². The van der Waals surface area contributed by atoms with Crippen LogP contribution in [-0.4, -0.2) is 36.6 Å². The van der Waals surface area contributed by atoms with Gasteiger partial charge in [0.1, 0.15) is 0 Å². The van der Waals surface area contributed by atoms with Gasteiger partial charge in [-0.25, -0.2) is 27.2 Å². The fraction of sp³-hybridized carbons (Fsp3) is 0.278. The van der Waals surface area contributed by atoms with Crippen molar-refractivity contribution >= 4 is 21.4 Å². The van der Waals surface area contributed by atoms with Gasteiger partial charge in [0.2, 0.25) is 5.82 Å². The summed E-state index contributed by atoms with van der Waals surface area (Å²) in [5.41, 5.74) is 0.561. The van der Waals surface area contributed by atoms with Crippen LogP contribution in [0.4, 0.5) is 14.5 Å². The zero-order valence-electron chi connectivity index (χ0n) is 15.5. The number of hydrogen-bond acceptors (Lipinski definition) is 6. The van der Waals surface area contributed by atoms with Crippen LogP contribution in [0.15, 0.2) is 42.1 Å².